The van der Waals surface area contributed by atoms with Crippen LogP contribution >= 0.6 is 0 Å². The molecule has 12 aromatic rings. The fourth-order valence-corrected chi connectivity index (χ4v) is 9.82. The molecule has 66 heavy (non-hydrogen) atoms. The Morgan fingerprint density at radius 2 is 0.758 bits per heavy atom. The van der Waals surface area contributed by atoms with Gasteiger partial charge in [-0.15, -0.1) is 0 Å². The predicted molar refractivity (Wildman–Crippen MR) is 280 cm³/mol. The van der Waals surface area contributed by atoms with Crippen molar-refractivity contribution in [1.82, 2.24) is 4.57 Å². The van der Waals surface area contributed by atoms with Crippen molar-refractivity contribution in [2.75, 3.05) is 4.90 Å². The Hall–Kier alpha value is -8.72. The van der Waals surface area contributed by atoms with Gasteiger partial charge in [-0.1, -0.05) is 194 Å². The minimum atomic E-state index is 1.08. The Balaban J connectivity index is 1.02. The van der Waals surface area contributed by atoms with Crippen LogP contribution in [0, 0.1) is 0 Å². The molecule has 310 valence electrons. The van der Waals surface area contributed by atoms with Crippen LogP contribution in [0.15, 0.2) is 267 Å². The fraction of sp³-hybridized carbons (Fsp3) is 0. The molecule has 11 aromatic carbocycles. The van der Waals surface area contributed by atoms with Crippen LogP contribution in [0.1, 0.15) is 0 Å². The first-order valence-electron chi connectivity index (χ1n) is 22.7. The smallest absolute Gasteiger partial charge is 0.0619 e. The molecule has 0 radical (unpaired) electrons. The van der Waals surface area contributed by atoms with Gasteiger partial charge >= 0.3 is 0 Å². The molecule has 0 amide bonds. The summed E-state index contributed by atoms with van der Waals surface area (Å²) < 4.78 is 2.45. The molecule has 1 heterocycles. The molecule has 0 spiro atoms. The van der Waals surface area contributed by atoms with Gasteiger partial charge in [0.05, 0.1) is 11.0 Å². The topological polar surface area (TPSA) is 8.17 Å². The van der Waals surface area contributed by atoms with Gasteiger partial charge in [0.1, 0.15) is 0 Å². The molecule has 0 aliphatic heterocycles. The average Bonchev–Trinajstić information content (AvgIpc) is 3.75. The first kappa shape index (κ1) is 38.9. The number of hydrogen-bond donors (Lipinski definition) is 0. The highest BCUT2D eigenvalue weighted by molar-refractivity contribution is 6.22. The van der Waals surface area contributed by atoms with Gasteiger partial charge in [0.2, 0.25) is 0 Å². The number of hydrogen-bond acceptors (Lipinski definition) is 1. The first-order chi connectivity index (χ1) is 32.7. The van der Waals surface area contributed by atoms with Crippen LogP contribution in [0.3, 0.4) is 0 Å². The lowest BCUT2D eigenvalue weighted by Gasteiger charge is -2.27. The highest BCUT2D eigenvalue weighted by atomic mass is 15.1. The number of para-hydroxylation sites is 1. The van der Waals surface area contributed by atoms with Crippen LogP contribution in [-0.4, -0.2) is 4.57 Å². The molecule has 0 saturated carbocycles. The second kappa shape index (κ2) is 16.8. The zero-order chi connectivity index (χ0) is 43.8. The van der Waals surface area contributed by atoms with Gasteiger partial charge in [0.15, 0.2) is 0 Å². The lowest BCUT2D eigenvalue weighted by molar-refractivity contribution is 1.19. The third-order valence-corrected chi connectivity index (χ3v) is 12.9. The molecule has 0 N–H and O–H groups in total. The van der Waals surface area contributed by atoms with Crippen LogP contribution in [0.25, 0.3) is 93.9 Å². The summed E-state index contributed by atoms with van der Waals surface area (Å²) in [6, 6.07) is 96.9. The highest BCUT2D eigenvalue weighted by Crippen LogP contribution is 2.44. The lowest BCUT2D eigenvalue weighted by Crippen LogP contribution is -2.10. The Morgan fingerprint density at radius 3 is 1.38 bits per heavy atom. The van der Waals surface area contributed by atoms with E-state index in [1.54, 1.807) is 0 Å². The quantitative estimate of drug-likeness (QED) is 0.141. The van der Waals surface area contributed by atoms with E-state index >= 15 is 0 Å². The molecule has 1 aromatic heterocycles. The summed E-state index contributed by atoms with van der Waals surface area (Å²) in [5.74, 6) is 0. The summed E-state index contributed by atoms with van der Waals surface area (Å²) in [4.78, 5) is 2.40. The summed E-state index contributed by atoms with van der Waals surface area (Å²) in [5.41, 5.74) is 18.6. The summed E-state index contributed by atoms with van der Waals surface area (Å²) in [5, 5.41) is 4.95. The van der Waals surface area contributed by atoms with E-state index in [0.717, 1.165) is 33.9 Å². The largest absolute Gasteiger partial charge is 0.310 e. The van der Waals surface area contributed by atoms with Gasteiger partial charge in [-0.05, 0) is 134 Å². The Labute approximate surface area is 385 Å². The van der Waals surface area contributed by atoms with Crippen molar-refractivity contribution in [3.8, 4) is 61.3 Å². The van der Waals surface area contributed by atoms with Crippen LogP contribution < -0.4 is 4.90 Å². The zero-order valence-corrected chi connectivity index (χ0v) is 36.3. The molecule has 0 fully saturated rings. The number of anilines is 3. The van der Waals surface area contributed by atoms with Gasteiger partial charge in [-0.3, -0.25) is 0 Å². The van der Waals surface area contributed by atoms with E-state index in [1.165, 1.54) is 77.1 Å². The average molecular weight is 841 g/mol. The van der Waals surface area contributed by atoms with Crippen molar-refractivity contribution in [1.29, 1.82) is 0 Å². The minimum absolute atomic E-state index is 1.08. The van der Waals surface area contributed by atoms with E-state index in [2.05, 4.69) is 276 Å². The maximum atomic E-state index is 2.45. The third-order valence-electron chi connectivity index (χ3n) is 12.9. The van der Waals surface area contributed by atoms with Crippen LogP contribution in [0.4, 0.5) is 17.1 Å². The van der Waals surface area contributed by atoms with Crippen molar-refractivity contribution in [2.45, 2.75) is 0 Å². The molecule has 12 rings (SSSR count). The van der Waals surface area contributed by atoms with Gasteiger partial charge in [-0.25, -0.2) is 0 Å². The Bertz CT molecular complexity index is 3610. The SMILES string of the molecule is c1ccc(-c2cc(-c3ccccc3)cc(-c3ccc(N(c4cccc(-c5ccccc5)c4)c4cccc(-c5cccc6c5c5ccc7ccccc7c5n6-c5ccccc5)c4)cc3)c2)cc1. The molecule has 0 aliphatic rings. The number of fused-ring (bicyclic) bond motifs is 5. The van der Waals surface area contributed by atoms with E-state index in [4.69, 9.17) is 0 Å². The molecule has 0 atom stereocenters. The van der Waals surface area contributed by atoms with Crippen LogP contribution in [0.5, 0.6) is 0 Å². The van der Waals surface area contributed by atoms with Gasteiger partial charge in [0.25, 0.3) is 0 Å². The summed E-state index contributed by atoms with van der Waals surface area (Å²) in [6.07, 6.45) is 0. The van der Waals surface area contributed by atoms with E-state index in [0.29, 0.717) is 0 Å². The van der Waals surface area contributed by atoms with Gasteiger partial charge < -0.3 is 9.47 Å². The van der Waals surface area contributed by atoms with Gasteiger partial charge in [0, 0.05) is 38.9 Å². The Morgan fingerprint density at radius 1 is 0.273 bits per heavy atom. The summed E-state index contributed by atoms with van der Waals surface area (Å²) >= 11 is 0. The highest BCUT2D eigenvalue weighted by Gasteiger charge is 2.20. The predicted octanol–water partition coefficient (Wildman–Crippen LogP) is 17.7. The maximum Gasteiger partial charge on any atom is 0.0619 e. The minimum Gasteiger partial charge on any atom is -0.310 e. The number of nitrogens with zero attached hydrogens (tertiary/aromatic N) is 2. The zero-order valence-electron chi connectivity index (χ0n) is 36.3. The summed E-state index contributed by atoms with van der Waals surface area (Å²) in [7, 11) is 0. The van der Waals surface area contributed by atoms with Crippen molar-refractivity contribution in [2.24, 2.45) is 0 Å². The van der Waals surface area contributed by atoms with E-state index < -0.39 is 0 Å². The number of rotatable bonds is 9. The number of aromatic nitrogens is 1. The molecule has 2 nitrogen and oxygen atoms in total. The Kier molecular flexibility index (Phi) is 9.89. The molecular weight excluding hydrogens is 797 g/mol. The number of benzene rings is 11. The normalized spacial score (nSPS) is 11.3. The molecule has 0 saturated heterocycles. The standard InChI is InChI=1S/C64H44N2/c1-5-18-45(19-6-1)50-25-15-29-57(43-50)65(56-37-34-48(35-38-56)54-41-52(46-20-7-2-8-21-46)40-53(42-54)47-22-9-3-10-23-47)58-30-16-26-51(44-58)59-32-17-33-62-63(59)61-39-36-49-24-13-14-31-60(49)64(61)66(62)55-27-11-4-12-28-55/h1-44H. The molecular formula is C64H44N2. The second-order valence-corrected chi connectivity index (χ2v) is 16.9. The maximum absolute atomic E-state index is 2.45. The molecule has 0 unspecified atom stereocenters. The van der Waals surface area contributed by atoms with Crippen molar-refractivity contribution >= 4 is 49.6 Å². The second-order valence-electron chi connectivity index (χ2n) is 16.9. The fourth-order valence-electron chi connectivity index (χ4n) is 9.82. The molecule has 0 aliphatic carbocycles. The lowest BCUT2D eigenvalue weighted by atomic mass is 9.93. The summed E-state index contributed by atoms with van der Waals surface area (Å²) in [6.45, 7) is 0. The van der Waals surface area contributed by atoms with E-state index in [9.17, 15) is 0 Å². The van der Waals surface area contributed by atoms with E-state index in [1.807, 2.05) is 0 Å². The first-order valence-corrected chi connectivity index (χ1v) is 22.7. The van der Waals surface area contributed by atoms with Gasteiger partial charge in [-0.2, -0.15) is 0 Å². The molecule has 0 bridgehead atoms. The monoisotopic (exact) mass is 840 g/mol. The van der Waals surface area contributed by atoms with Crippen molar-refractivity contribution < 1.29 is 0 Å². The van der Waals surface area contributed by atoms with Crippen LogP contribution in [-0.2, 0) is 0 Å². The van der Waals surface area contributed by atoms with Crippen molar-refractivity contribution in [3.63, 3.8) is 0 Å². The third kappa shape index (κ3) is 7.12. The molecule has 2 heteroatoms. The van der Waals surface area contributed by atoms with E-state index in [-0.39, 0.29) is 0 Å². The van der Waals surface area contributed by atoms with Crippen molar-refractivity contribution in [3.05, 3.63) is 267 Å². The van der Waals surface area contributed by atoms with Crippen LogP contribution in [0.2, 0.25) is 0 Å².